The third-order valence-corrected chi connectivity index (χ3v) is 4.35. The Labute approximate surface area is 115 Å². The molecule has 0 spiro atoms. The first kappa shape index (κ1) is 12.4. The molecule has 0 unspecified atom stereocenters. The van der Waals surface area contributed by atoms with Gasteiger partial charge in [-0.25, -0.2) is 4.98 Å². The molecule has 2 heterocycles. The molecule has 4 nitrogen and oxygen atoms in total. The number of thiazole rings is 1. The van der Waals surface area contributed by atoms with Crippen molar-refractivity contribution < 1.29 is 9.21 Å². The zero-order chi connectivity index (χ0) is 13.2. The quantitative estimate of drug-likeness (QED) is 0.853. The number of aromatic nitrogens is 1. The number of anilines is 1. The van der Waals surface area contributed by atoms with Gasteiger partial charge >= 0.3 is 0 Å². The van der Waals surface area contributed by atoms with Crippen LogP contribution in [-0.4, -0.2) is 10.9 Å². The van der Waals surface area contributed by atoms with E-state index in [1.807, 2.05) is 6.92 Å². The Balaban J connectivity index is 1.75. The molecule has 0 atom stereocenters. The first-order valence-corrected chi connectivity index (χ1v) is 7.40. The van der Waals surface area contributed by atoms with Gasteiger partial charge in [0.1, 0.15) is 5.76 Å². The fourth-order valence-electron chi connectivity index (χ4n) is 2.30. The molecular weight excluding hydrogens is 260 g/mol. The molecular formula is C14H16N2O2S. The van der Waals surface area contributed by atoms with Crippen LogP contribution in [0.2, 0.25) is 0 Å². The van der Waals surface area contributed by atoms with E-state index in [4.69, 9.17) is 4.42 Å². The molecule has 0 saturated heterocycles. The van der Waals surface area contributed by atoms with E-state index in [2.05, 4.69) is 10.3 Å². The predicted octanol–water partition coefficient (Wildman–Crippen LogP) is 3.57. The molecule has 0 fully saturated rings. The van der Waals surface area contributed by atoms with E-state index in [0.29, 0.717) is 10.9 Å². The van der Waals surface area contributed by atoms with Gasteiger partial charge in [-0.2, -0.15) is 0 Å². The summed E-state index contributed by atoms with van der Waals surface area (Å²) in [7, 11) is 0. The number of hydrogen-bond acceptors (Lipinski definition) is 4. The van der Waals surface area contributed by atoms with Crippen LogP contribution >= 0.6 is 11.3 Å². The van der Waals surface area contributed by atoms with Gasteiger partial charge < -0.3 is 4.42 Å². The molecule has 0 aromatic carbocycles. The Morgan fingerprint density at radius 3 is 2.95 bits per heavy atom. The Bertz CT molecular complexity index is 577. The molecule has 100 valence electrons. The van der Waals surface area contributed by atoms with Gasteiger partial charge in [0.25, 0.3) is 5.91 Å². The molecule has 0 bridgehead atoms. The normalized spacial score (nSPS) is 14.8. The van der Waals surface area contributed by atoms with Crippen LogP contribution in [0.15, 0.2) is 16.5 Å². The van der Waals surface area contributed by atoms with Crippen molar-refractivity contribution >= 4 is 22.4 Å². The summed E-state index contributed by atoms with van der Waals surface area (Å²) >= 11 is 1.59. The fraction of sp³-hybridized carbons (Fsp3) is 0.429. The lowest BCUT2D eigenvalue weighted by Gasteiger charge is -1.98. The Morgan fingerprint density at radius 2 is 2.16 bits per heavy atom. The summed E-state index contributed by atoms with van der Waals surface area (Å²) in [5.74, 6) is 0.847. The minimum atomic E-state index is -0.225. The monoisotopic (exact) mass is 276 g/mol. The number of rotatable bonds is 2. The molecule has 0 aliphatic heterocycles. The second-order valence-corrected chi connectivity index (χ2v) is 5.90. The van der Waals surface area contributed by atoms with Gasteiger partial charge in [-0.15, -0.1) is 11.3 Å². The zero-order valence-electron chi connectivity index (χ0n) is 10.9. The topological polar surface area (TPSA) is 55.1 Å². The number of furan rings is 1. The van der Waals surface area contributed by atoms with Gasteiger partial charge in [-0.05, 0) is 44.7 Å². The van der Waals surface area contributed by atoms with Crippen molar-refractivity contribution in [3.8, 4) is 0 Å². The van der Waals surface area contributed by atoms with Gasteiger partial charge in [0.15, 0.2) is 10.9 Å². The molecule has 0 saturated carbocycles. The van der Waals surface area contributed by atoms with Crippen LogP contribution in [-0.2, 0) is 12.8 Å². The number of carbonyl (C=O) groups excluding carboxylic acids is 1. The maximum absolute atomic E-state index is 12.0. The smallest absolute Gasteiger partial charge is 0.293 e. The summed E-state index contributed by atoms with van der Waals surface area (Å²) < 4.78 is 5.30. The number of amides is 1. The van der Waals surface area contributed by atoms with Gasteiger partial charge in [0.05, 0.1) is 5.69 Å². The van der Waals surface area contributed by atoms with Crippen LogP contribution in [0.1, 0.15) is 46.1 Å². The molecule has 1 N–H and O–H groups in total. The van der Waals surface area contributed by atoms with Crippen molar-refractivity contribution in [1.82, 2.24) is 4.98 Å². The third kappa shape index (κ3) is 2.71. The van der Waals surface area contributed by atoms with Crippen LogP contribution in [0.5, 0.6) is 0 Å². The largest absolute Gasteiger partial charge is 0.456 e. The van der Waals surface area contributed by atoms with Crippen LogP contribution in [0.25, 0.3) is 0 Å². The first-order chi connectivity index (χ1) is 9.22. The maximum Gasteiger partial charge on any atom is 0.293 e. The van der Waals surface area contributed by atoms with Crippen molar-refractivity contribution in [3.63, 3.8) is 0 Å². The summed E-state index contributed by atoms with van der Waals surface area (Å²) in [6.07, 6.45) is 5.81. The van der Waals surface area contributed by atoms with E-state index < -0.39 is 0 Å². The highest BCUT2D eigenvalue weighted by molar-refractivity contribution is 7.15. The lowest BCUT2D eigenvalue weighted by molar-refractivity contribution is 0.0995. The number of aryl methyl sites for hydroxylation is 3. The van der Waals surface area contributed by atoms with E-state index in [9.17, 15) is 4.79 Å². The summed E-state index contributed by atoms with van der Waals surface area (Å²) in [6.45, 7) is 1.82. The van der Waals surface area contributed by atoms with E-state index in [1.54, 1.807) is 23.5 Å². The predicted molar refractivity (Wildman–Crippen MR) is 74.8 cm³/mol. The summed E-state index contributed by atoms with van der Waals surface area (Å²) in [6, 6.07) is 3.47. The number of hydrogen-bond donors (Lipinski definition) is 1. The van der Waals surface area contributed by atoms with E-state index >= 15 is 0 Å². The molecule has 2 aromatic rings. The molecule has 1 aliphatic rings. The van der Waals surface area contributed by atoms with Crippen LogP contribution in [0.3, 0.4) is 0 Å². The molecule has 19 heavy (non-hydrogen) atoms. The molecule has 3 rings (SSSR count). The average Bonchev–Trinajstić information content (AvgIpc) is 2.91. The minimum absolute atomic E-state index is 0.225. The Morgan fingerprint density at radius 1 is 1.32 bits per heavy atom. The molecule has 1 aliphatic carbocycles. The van der Waals surface area contributed by atoms with E-state index in [1.165, 1.54) is 24.1 Å². The highest BCUT2D eigenvalue weighted by Gasteiger charge is 2.17. The Hall–Kier alpha value is -1.62. The lowest BCUT2D eigenvalue weighted by atomic mass is 10.2. The van der Waals surface area contributed by atoms with Crippen molar-refractivity contribution in [2.45, 2.75) is 39.0 Å². The highest BCUT2D eigenvalue weighted by Crippen LogP contribution is 2.29. The highest BCUT2D eigenvalue weighted by atomic mass is 32.1. The maximum atomic E-state index is 12.0. The van der Waals surface area contributed by atoms with Crippen LogP contribution in [0, 0.1) is 6.92 Å². The summed E-state index contributed by atoms with van der Waals surface area (Å²) in [5.41, 5.74) is 1.16. The lowest BCUT2D eigenvalue weighted by Crippen LogP contribution is -2.10. The van der Waals surface area contributed by atoms with Crippen molar-refractivity contribution in [1.29, 1.82) is 0 Å². The molecule has 5 heteroatoms. The van der Waals surface area contributed by atoms with Crippen molar-refractivity contribution in [2.75, 3.05) is 5.32 Å². The number of fused-ring (bicyclic) bond motifs is 1. The van der Waals surface area contributed by atoms with E-state index in [-0.39, 0.29) is 5.91 Å². The second kappa shape index (κ2) is 5.17. The standard InChI is InChI=1S/C14H16N2O2S/c1-9-7-8-11(18-9)13(17)16-14-15-10-5-3-2-4-6-12(10)19-14/h7-8H,2-6H2,1H3,(H,15,16,17). The summed E-state index contributed by atoms with van der Waals surface area (Å²) in [4.78, 5) is 17.8. The zero-order valence-corrected chi connectivity index (χ0v) is 11.7. The molecule has 1 amide bonds. The van der Waals surface area contributed by atoms with Crippen LogP contribution < -0.4 is 5.32 Å². The second-order valence-electron chi connectivity index (χ2n) is 4.81. The number of carbonyl (C=O) groups is 1. The van der Waals surface area contributed by atoms with Crippen molar-refractivity contribution in [3.05, 3.63) is 34.2 Å². The summed E-state index contributed by atoms with van der Waals surface area (Å²) in [5, 5.41) is 3.51. The third-order valence-electron chi connectivity index (χ3n) is 3.28. The SMILES string of the molecule is Cc1ccc(C(=O)Nc2nc3c(s2)CCCCC3)o1. The number of nitrogens with zero attached hydrogens (tertiary/aromatic N) is 1. The van der Waals surface area contributed by atoms with Gasteiger partial charge in [-0.3, -0.25) is 10.1 Å². The number of nitrogens with one attached hydrogen (secondary N) is 1. The van der Waals surface area contributed by atoms with Gasteiger partial charge in [-0.1, -0.05) is 6.42 Å². The van der Waals surface area contributed by atoms with Crippen LogP contribution in [0.4, 0.5) is 5.13 Å². The van der Waals surface area contributed by atoms with Gasteiger partial charge in [0, 0.05) is 4.88 Å². The fourth-order valence-corrected chi connectivity index (χ4v) is 3.34. The van der Waals surface area contributed by atoms with Crippen molar-refractivity contribution in [2.24, 2.45) is 0 Å². The van der Waals surface area contributed by atoms with Gasteiger partial charge in [0.2, 0.25) is 0 Å². The first-order valence-electron chi connectivity index (χ1n) is 6.59. The average molecular weight is 276 g/mol. The van der Waals surface area contributed by atoms with E-state index in [0.717, 1.165) is 24.3 Å². The minimum Gasteiger partial charge on any atom is -0.456 e. The molecule has 2 aromatic heterocycles. The Kier molecular flexibility index (Phi) is 3.38. The molecule has 0 radical (unpaired) electrons.